The maximum atomic E-state index is 13.1. The fraction of sp³-hybridized carbons (Fsp3) is 0.400. The molecule has 1 N–H and O–H groups in total. The van der Waals surface area contributed by atoms with Crippen molar-refractivity contribution in [3.63, 3.8) is 0 Å². The van der Waals surface area contributed by atoms with Gasteiger partial charge in [0.2, 0.25) is 0 Å². The van der Waals surface area contributed by atoms with Gasteiger partial charge in [-0.3, -0.25) is 4.79 Å². The molecule has 1 aliphatic rings. The molecule has 1 fully saturated rings. The summed E-state index contributed by atoms with van der Waals surface area (Å²) in [7, 11) is 2.19. The van der Waals surface area contributed by atoms with E-state index in [0.29, 0.717) is 34.5 Å². The number of hydrogen-bond acceptors (Lipinski definition) is 3. The van der Waals surface area contributed by atoms with Crippen LogP contribution in [0.15, 0.2) is 41.2 Å². The van der Waals surface area contributed by atoms with Gasteiger partial charge in [0.1, 0.15) is 5.75 Å². The molecular formula is C25H29ClN2O2. The third-order valence-corrected chi connectivity index (χ3v) is 6.29. The lowest BCUT2D eigenvalue weighted by Gasteiger charge is -2.32. The molecule has 0 spiro atoms. The predicted molar refractivity (Wildman–Crippen MR) is 125 cm³/mol. The Balaban J connectivity index is 1.75. The molecule has 158 valence electrons. The van der Waals surface area contributed by atoms with Gasteiger partial charge in [-0.15, -0.1) is 0 Å². The molecule has 0 bridgehead atoms. The number of H-pyrrole nitrogens is 1. The minimum atomic E-state index is -0.153. The summed E-state index contributed by atoms with van der Waals surface area (Å²) >= 11 is 6.18. The number of halogens is 1. The van der Waals surface area contributed by atoms with E-state index in [1.54, 1.807) is 6.07 Å². The Kier molecular flexibility index (Phi) is 6.16. The van der Waals surface area contributed by atoms with Crippen LogP contribution in [0.3, 0.4) is 0 Å². The Bertz CT molecular complexity index is 1100. The lowest BCUT2D eigenvalue weighted by Crippen LogP contribution is -2.37. The van der Waals surface area contributed by atoms with Crippen LogP contribution in [0.2, 0.25) is 5.02 Å². The quantitative estimate of drug-likeness (QED) is 0.569. The normalized spacial score (nSPS) is 17.4. The van der Waals surface area contributed by atoms with Crippen LogP contribution in [-0.2, 0) is 0 Å². The first-order valence-corrected chi connectivity index (χ1v) is 11.1. The van der Waals surface area contributed by atoms with Crippen LogP contribution in [0.5, 0.6) is 5.75 Å². The van der Waals surface area contributed by atoms with Crippen molar-refractivity contribution in [3.05, 3.63) is 62.9 Å². The number of ether oxygens (including phenoxy) is 1. The molecule has 5 heteroatoms. The largest absolute Gasteiger partial charge is 0.492 e. The van der Waals surface area contributed by atoms with E-state index in [1.165, 1.54) is 19.3 Å². The summed E-state index contributed by atoms with van der Waals surface area (Å²) in [4.78, 5) is 18.5. The number of fused-ring (bicyclic) bond motifs is 1. The number of likely N-dealkylation sites (tertiary alicyclic amines) is 1. The molecule has 2 aromatic carbocycles. The maximum Gasteiger partial charge on any atom is 0.260 e. The molecule has 4 rings (SSSR count). The third kappa shape index (κ3) is 4.40. The molecule has 0 radical (unpaired) electrons. The number of nitrogens with zero attached hydrogens (tertiary/aromatic N) is 1. The van der Waals surface area contributed by atoms with Crippen molar-refractivity contribution >= 4 is 22.5 Å². The topological polar surface area (TPSA) is 45.3 Å². The Morgan fingerprint density at radius 3 is 2.63 bits per heavy atom. The Hall–Kier alpha value is -2.30. The third-order valence-electron chi connectivity index (χ3n) is 6.06. The Morgan fingerprint density at radius 1 is 1.13 bits per heavy atom. The molecule has 3 aromatic rings. The summed E-state index contributed by atoms with van der Waals surface area (Å²) in [5.41, 5.74) is 4.26. The molecule has 1 aromatic heterocycles. The van der Waals surface area contributed by atoms with Crippen LogP contribution in [-0.4, -0.2) is 36.1 Å². The fourth-order valence-electron chi connectivity index (χ4n) is 4.58. The van der Waals surface area contributed by atoms with Gasteiger partial charge in [0.15, 0.2) is 0 Å². The average Bonchev–Trinajstić information content (AvgIpc) is 2.68. The smallest absolute Gasteiger partial charge is 0.260 e. The van der Waals surface area contributed by atoms with Crippen LogP contribution >= 0.6 is 11.6 Å². The number of benzene rings is 2. The predicted octanol–water partition coefficient (Wildman–Crippen LogP) is 5.72. The van der Waals surface area contributed by atoms with Crippen LogP contribution in [0, 0.1) is 13.8 Å². The first-order chi connectivity index (χ1) is 14.4. The highest BCUT2D eigenvalue weighted by atomic mass is 35.5. The van der Waals surface area contributed by atoms with E-state index in [4.69, 9.17) is 16.3 Å². The van der Waals surface area contributed by atoms with Gasteiger partial charge in [0.05, 0.1) is 17.7 Å². The van der Waals surface area contributed by atoms with E-state index in [2.05, 4.69) is 23.0 Å². The number of nitrogens with one attached hydrogen (secondary N) is 1. The minimum absolute atomic E-state index is 0.153. The summed E-state index contributed by atoms with van der Waals surface area (Å²) in [6, 6.07) is 12.3. The number of aryl methyl sites for hydroxylation is 2. The van der Waals surface area contributed by atoms with Gasteiger partial charge >= 0.3 is 0 Å². The van der Waals surface area contributed by atoms with E-state index in [-0.39, 0.29) is 5.56 Å². The highest BCUT2D eigenvalue weighted by molar-refractivity contribution is 6.31. The summed E-state index contributed by atoms with van der Waals surface area (Å²) in [6.07, 6.45) is 4.69. The van der Waals surface area contributed by atoms with Crippen LogP contribution in [0.25, 0.3) is 22.0 Å². The molecule has 0 aliphatic carbocycles. The zero-order valence-electron chi connectivity index (χ0n) is 17.9. The van der Waals surface area contributed by atoms with E-state index in [9.17, 15) is 4.79 Å². The lowest BCUT2D eigenvalue weighted by molar-refractivity contribution is 0.153. The first-order valence-electron chi connectivity index (χ1n) is 10.7. The molecular weight excluding hydrogens is 396 g/mol. The minimum Gasteiger partial charge on any atom is -0.492 e. The standard InChI is InChI=1S/C25H29ClN2O2/c1-16-12-17(2)14-18(13-16)23-24(30-11-9-20-6-4-5-10-28(20)3)21-8-7-19(26)15-22(21)27-25(23)29/h7-8,12-15,20H,4-6,9-11H2,1-3H3,(H,27,29). The second-order valence-electron chi connectivity index (χ2n) is 8.49. The lowest BCUT2D eigenvalue weighted by atomic mass is 9.99. The second kappa shape index (κ2) is 8.83. The number of rotatable bonds is 5. The maximum absolute atomic E-state index is 13.1. The Labute approximate surface area is 182 Å². The van der Waals surface area contributed by atoms with Gasteiger partial charge in [0.25, 0.3) is 5.56 Å². The van der Waals surface area contributed by atoms with E-state index in [1.807, 2.05) is 38.1 Å². The van der Waals surface area contributed by atoms with Crippen molar-refractivity contribution in [1.82, 2.24) is 9.88 Å². The number of aromatic amines is 1. The molecule has 1 saturated heterocycles. The van der Waals surface area contributed by atoms with Gasteiger partial charge in [-0.05, 0) is 70.5 Å². The van der Waals surface area contributed by atoms with Gasteiger partial charge < -0.3 is 14.6 Å². The number of aromatic nitrogens is 1. The van der Waals surface area contributed by atoms with E-state index < -0.39 is 0 Å². The SMILES string of the molecule is Cc1cc(C)cc(-c2c(OCCC3CCCCN3C)c3ccc(Cl)cc3[nH]c2=O)c1. The number of piperidine rings is 1. The van der Waals surface area contributed by atoms with Crippen LogP contribution in [0.1, 0.15) is 36.8 Å². The van der Waals surface area contributed by atoms with Gasteiger partial charge in [-0.1, -0.05) is 47.3 Å². The van der Waals surface area contributed by atoms with Crippen molar-refractivity contribution in [1.29, 1.82) is 0 Å². The zero-order valence-corrected chi connectivity index (χ0v) is 18.7. The average molecular weight is 425 g/mol. The highest BCUT2D eigenvalue weighted by Gasteiger charge is 2.21. The summed E-state index contributed by atoms with van der Waals surface area (Å²) < 4.78 is 6.37. The van der Waals surface area contributed by atoms with E-state index in [0.717, 1.165) is 35.0 Å². The molecule has 2 heterocycles. The summed E-state index contributed by atoms with van der Waals surface area (Å²) in [5.74, 6) is 0.647. The van der Waals surface area contributed by atoms with Crippen molar-refractivity contribution in [2.24, 2.45) is 0 Å². The fourth-order valence-corrected chi connectivity index (χ4v) is 4.75. The highest BCUT2D eigenvalue weighted by Crippen LogP contribution is 2.35. The van der Waals surface area contributed by atoms with Gasteiger partial charge in [0, 0.05) is 16.5 Å². The molecule has 0 saturated carbocycles. The van der Waals surface area contributed by atoms with Crippen LogP contribution < -0.4 is 10.3 Å². The summed E-state index contributed by atoms with van der Waals surface area (Å²) in [5, 5.41) is 1.47. The van der Waals surface area contributed by atoms with Gasteiger partial charge in [-0.2, -0.15) is 0 Å². The molecule has 30 heavy (non-hydrogen) atoms. The summed E-state index contributed by atoms with van der Waals surface area (Å²) in [6.45, 7) is 5.81. The molecule has 1 aliphatic heterocycles. The molecule has 1 atom stereocenters. The van der Waals surface area contributed by atoms with Crippen molar-refractivity contribution in [2.45, 2.75) is 45.6 Å². The second-order valence-corrected chi connectivity index (χ2v) is 8.93. The molecule has 4 nitrogen and oxygen atoms in total. The van der Waals surface area contributed by atoms with Crippen LogP contribution in [0.4, 0.5) is 0 Å². The number of pyridine rings is 1. The van der Waals surface area contributed by atoms with E-state index >= 15 is 0 Å². The van der Waals surface area contributed by atoms with Crippen molar-refractivity contribution in [3.8, 4) is 16.9 Å². The monoisotopic (exact) mass is 424 g/mol. The zero-order chi connectivity index (χ0) is 21.3. The van der Waals surface area contributed by atoms with Crippen molar-refractivity contribution in [2.75, 3.05) is 20.2 Å². The molecule has 1 unspecified atom stereocenters. The Morgan fingerprint density at radius 2 is 1.90 bits per heavy atom. The van der Waals surface area contributed by atoms with Gasteiger partial charge in [-0.25, -0.2) is 0 Å². The van der Waals surface area contributed by atoms with Crippen molar-refractivity contribution < 1.29 is 4.74 Å². The first kappa shape index (κ1) is 21.0. The molecule has 0 amide bonds. The number of hydrogen-bond donors (Lipinski definition) is 1.